The van der Waals surface area contributed by atoms with Gasteiger partial charge in [-0.2, -0.15) is 0 Å². The van der Waals surface area contributed by atoms with Crippen molar-refractivity contribution in [3.05, 3.63) is 70.5 Å². The summed E-state index contributed by atoms with van der Waals surface area (Å²) in [7, 11) is 4.12. The van der Waals surface area contributed by atoms with Gasteiger partial charge in [0.25, 0.3) is 0 Å². The Balaban J connectivity index is 0.00000280. The number of nitrogens with zero attached hydrogens (tertiary/aromatic N) is 1. The Labute approximate surface area is 179 Å². The monoisotopic (exact) mass is 425 g/mol. The van der Waals surface area contributed by atoms with Gasteiger partial charge in [-0.1, -0.05) is 54.8 Å². The number of aryl methyl sites for hydroxylation is 1. The van der Waals surface area contributed by atoms with Gasteiger partial charge >= 0.3 is 0 Å². The molecule has 3 unspecified atom stereocenters. The van der Waals surface area contributed by atoms with Gasteiger partial charge in [-0.25, -0.2) is 4.39 Å². The van der Waals surface area contributed by atoms with Crippen LogP contribution in [0.1, 0.15) is 49.3 Å². The lowest BCUT2D eigenvalue weighted by Gasteiger charge is -2.46. The first kappa shape index (κ1) is 23.2. The first-order valence-electron chi connectivity index (χ1n) is 9.78. The summed E-state index contributed by atoms with van der Waals surface area (Å²) in [6.45, 7) is 0. The van der Waals surface area contributed by atoms with E-state index in [9.17, 15) is 9.50 Å². The van der Waals surface area contributed by atoms with Crippen molar-refractivity contribution in [3.8, 4) is 0 Å². The van der Waals surface area contributed by atoms with Crippen LogP contribution in [0.25, 0.3) is 0 Å². The normalized spacial score (nSPS) is 23.3. The van der Waals surface area contributed by atoms with E-state index >= 15 is 0 Å². The van der Waals surface area contributed by atoms with E-state index in [1.807, 2.05) is 30.3 Å². The van der Waals surface area contributed by atoms with E-state index in [1.54, 1.807) is 0 Å². The van der Waals surface area contributed by atoms with Crippen LogP contribution in [0.15, 0.2) is 48.5 Å². The number of aliphatic hydroxyl groups is 1. The molecule has 2 aromatic carbocycles. The molecule has 3 rings (SSSR count). The van der Waals surface area contributed by atoms with Crippen molar-refractivity contribution in [1.82, 2.24) is 4.90 Å². The Hall–Kier alpha value is -1.13. The highest BCUT2D eigenvalue weighted by Crippen LogP contribution is 2.46. The fraction of sp³-hybridized carbons (Fsp3) is 0.478. The second-order valence-electron chi connectivity index (χ2n) is 8.01. The summed E-state index contributed by atoms with van der Waals surface area (Å²) in [5.74, 6) is -0.110. The molecule has 0 aliphatic heterocycles. The van der Waals surface area contributed by atoms with Crippen LogP contribution in [-0.2, 0) is 6.42 Å². The molecule has 5 heteroatoms. The number of hydrogen-bond donors (Lipinski definition) is 1. The van der Waals surface area contributed by atoms with Crippen LogP contribution < -0.4 is 0 Å². The number of benzene rings is 2. The molecule has 0 bridgehead atoms. The van der Waals surface area contributed by atoms with E-state index < -0.39 is 5.60 Å². The third-order valence-electron chi connectivity index (χ3n) is 5.99. The minimum absolute atomic E-state index is 0. The van der Waals surface area contributed by atoms with Crippen LogP contribution >= 0.6 is 24.0 Å². The van der Waals surface area contributed by atoms with Crippen molar-refractivity contribution in [1.29, 1.82) is 0 Å². The summed E-state index contributed by atoms with van der Waals surface area (Å²) in [6, 6.07) is 14.6. The SMILES string of the molecule is CN(C)C(c1ccccc1Cl)C1CCCCC1(O)CCc1ccc(F)cc1.Cl. The molecule has 1 aliphatic rings. The molecule has 28 heavy (non-hydrogen) atoms. The largest absolute Gasteiger partial charge is 0.390 e. The Morgan fingerprint density at radius 2 is 1.82 bits per heavy atom. The molecular formula is C23H30Cl2FNO. The molecule has 0 saturated heterocycles. The first-order chi connectivity index (χ1) is 12.9. The average Bonchev–Trinajstić information content (AvgIpc) is 2.64. The predicted octanol–water partition coefficient (Wildman–Crippen LogP) is 6.06. The summed E-state index contributed by atoms with van der Waals surface area (Å²) < 4.78 is 13.2. The Kier molecular flexibility index (Phi) is 8.32. The molecule has 154 valence electrons. The van der Waals surface area contributed by atoms with E-state index in [4.69, 9.17) is 11.6 Å². The molecule has 0 radical (unpaired) electrons. The van der Waals surface area contributed by atoms with Gasteiger partial charge in [0, 0.05) is 17.0 Å². The topological polar surface area (TPSA) is 23.5 Å². The summed E-state index contributed by atoms with van der Waals surface area (Å²) in [5.41, 5.74) is 1.39. The Morgan fingerprint density at radius 1 is 1.14 bits per heavy atom. The van der Waals surface area contributed by atoms with E-state index in [0.717, 1.165) is 48.3 Å². The molecule has 2 aromatic rings. The Morgan fingerprint density at radius 3 is 2.46 bits per heavy atom. The van der Waals surface area contributed by atoms with Crippen molar-refractivity contribution < 1.29 is 9.50 Å². The first-order valence-corrected chi connectivity index (χ1v) is 10.2. The molecule has 0 spiro atoms. The highest BCUT2D eigenvalue weighted by Gasteiger charge is 2.44. The van der Waals surface area contributed by atoms with Crippen molar-refractivity contribution in [2.75, 3.05) is 14.1 Å². The van der Waals surface area contributed by atoms with Crippen LogP contribution in [0.3, 0.4) is 0 Å². The molecule has 3 atom stereocenters. The molecular weight excluding hydrogens is 396 g/mol. The van der Waals surface area contributed by atoms with Gasteiger partial charge in [-0.15, -0.1) is 12.4 Å². The van der Waals surface area contributed by atoms with Gasteiger partial charge in [0.1, 0.15) is 5.82 Å². The van der Waals surface area contributed by atoms with Gasteiger partial charge < -0.3 is 10.0 Å². The zero-order valence-corrected chi connectivity index (χ0v) is 18.1. The molecule has 0 amide bonds. The molecule has 2 nitrogen and oxygen atoms in total. The minimum atomic E-state index is -0.749. The summed E-state index contributed by atoms with van der Waals surface area (Å²) in [6.07, 6.45) is 5.37. The average molecular weight is 426 g/mol. The van der Waals surface area contributed by atoms with Crippen molar-refractivity contribution in [3.63, 3.8) is 0 Å². The molecule has 0 aromatic heterocycles. The highest BCUT2D eigenvalue weighted by atomic mass is 35.5. The lowest BCUT2D eigenvalue weighted by atomic mass is 9.67. The summed E-state index contributed by atoms with van der Waals surface area (Å²) in [4.78, 5) is 2.18. The third-order valence-corrected chi connectivity index (χ3v) is 6.33. The summed E-state index contributed by atoms with van der Waals surface area (Å²) in [5, 5.41) is 12.4. The van der Waals surface area contributed by atoms with Crippen molar-refractivity contribution in [2.45, 2.75) is 50.2 Å². The smallest absolute Gasteiger partial charge is 0.123 e. The van der Waals surface area contributed by atoms with Gasteiger partial charge in [0.15, 0.2) is 0 Å². The van der Waals surface area contributed by atoms with E-state index in [0.29, 0.717) is 6.42 Å². The molecule has 1 N–H and O–H groups in total. The van der Waals surface area contributed by atoms with Crippen LogP contribution in [-0.4, -0.2) is 29.7 Å². The highest BCUT2D eigenvalue weighted by molar-refractivity contribution is 6.31. The van der Waals surface area contributed by atoms with E-state index in [1.165, 1.54) is 12.1 Å². The zero-order valence-electron chi connectivity index (χ0n) is 16.6. The maximum absolute atomic E-state index is 13.2. The second kappa shape index (κ2) is 10.1. The molecule has 1 aliphatic carbocycles. The van der Waals surface area contributed by atoms with Gasteiger partial charge in [0.2, 0.25) is 0 Å². The third kappa shape index (κ3) is 5.27. The molecule has 0 heterocycles. The zero-order chi connectivity index (χ0) is 19.4. The fourth-order valence-corrected chi connectivity index (χ4v) is 4.84. The van der Waals surface area contributed by atoms with E-state index in [2.05, 4.69) is 25.1 Å². The maximum Gasteiger partial charge on any atom is 0.123 e. The second-order valence-corrected chi connectivity index (χ2v) is 8.42. The number of rotatable bonds is 6. The Bertz CT molecular complexity index is 753. The minimum Gasteiger partial charge on any atom is -0.390 e. The van der Waals surface area contributed by atoms with E-state index in [-0.39, 0.29) is 30.2 Å². The van der Waals surface area contributed by atoms with Crippen LogP contribution in [0.5, 0.6) is 0 Å². The summed E-state index contributed by atoms with van der Waals surface area (Å²) >= 11 is 6.52. The van der Waals surface area contributed by atoms with Crippen LogP contribution in [0.4, 0.5) is 4.39 Å². The van der Waals surface area contributed by atoms with Crippen molar-refractivity contribution in [2.24, 2.45) is 5.92 Å². The fourth-order valence-electron chi connectivity index (χ4n) is 4.59. The lowest BCUT2D eigenvalue weighted by Crippen LogP contribution is -2.47. The quantitative estimate of drug-likeness (QED) is 0.607. The van der Waals surface area contributed by atoms with Crippen molar-refractivity contribution >= 4 is 24.0 Å². The lowest BCUT2D eigenvalue weighted by molar-refractivity contribution is -0.0828. The maximum atomic E-state index is 13.2. The number of halogens is 3. The standard InChI is InChI=1S/C23H29ClFNO.ClH/c1-26(2)22(19-7-3-4-9-21(19)24)20-8-5-6-15-23(20,27)16-14-17-10-12-18(25)13-11-17;/h3-4,7,9-13,20,22,27H,5-6,8,14-16H2,1-2H3;1H. The van der Waals surface area contributed by atoms with Gasteiger partial charge in [0.05, 0.1) is 5.60 Å². The molecule has 1 saturated carbocycles. The van der Waals surface area contributed by atoms with Gasteiger partial charge in [-0.3, -0.25) is 0 Å². The molecule has 1 fully saturated rings. The van der Waals surface area contributed by atoms with Crippen LogP contribution in [0, 0.1) is 11.7 Å². The van der Waals surface area contributed by atoms with Crippen LogP contribution in [0.2, 0.25) is 5.02 Å². The number of hydrogen-bond acceptors (Lipinski definition) is 2. The predicted molar refractivity (Wildman–Crippen MR) is 117 cm³/mol. The van der Waals surface area contributed by atoms with Gasteiger partial charge in [-0.05, 0) is 69.1 Å².